The molecule has 1 aromatic rings. The van der Waals surface area contributed by atoms with E-state index >= 15 is 0 Å². The van der Waals surface area contributed by atoms with Crippen molar-refractivity contribution < 1.29 is 19.3 Å². The van der Waals surface area contributed by atoms with Crippen molar-refractivity contribution in [1.29, 1.82) is 0 Å². The number of methoxy groups -OCH3 is 2. The largest absolute Gasteiger partial charge is 0.493 e. The summed E-state index contributed by atoms with van der Waals surface area (Å²) >= 11 is 0. The molecule has 0 radical (unpaired) electrons. The van der Waals surface area contributed by atoms with E-state index in [0.29, 0.717) is 23.9 Å². The van der Waals surface area contributed by atoms with Crippen LogP contribution in [0.3, 0.4) is 0 Å². The highest BCUT2D eigenvalue weighted by Crippen LogP contribution is 2.33. The van der Waals surface area contributed by atoms with Crippen molar-refractivity contribution >= 4 is 0 Å². The average Bonchev–Trinajstić information content (AvgIpc) is 2.45. The zero-order chi connectivity index (χ0) is 13.7. The lowest BCUT2D eigenvalue weighted by atomic mass is 9.85. The van der Waals surface area contributed by atoms with Gasteiger partial charge in [0, 0.05) is 6.07 Å². The van der Waals surface area contributed by atoms with Gasteiger partial charge >= 0.3 is 0 Å². The third kappa shape index (κ3) is 3.53. The van der Waals surface area contributed by atoms with Crippen LogP contribution < -0.4 is 14.2 Å². The maximum Gasteiger partial charge on any atom is 0.164 e. The van der Waals surface area contributed by atoms with Gasteiger partial charge < -0.3 is 19.3 Å². The second-order valence-corrected chi connectivity index (χ2v) is 5.09. The second-order valence-electron chi connectivity index (χ2n) is 5.09. The molecule has 0 amide bonds. The molecule has 1 aromatic carbocycles. The van der Waals surface area contributed by atoms with Crippen LogP contribution in [0.25, 0.3) is 0 Å². The SMILES string of the molecule is COc1ccc(OCC2(O)CCCCC2)cc1OC. The Hall–Kier alpha value is -1.42. The molecule has 0 heterocycles. The highest BCUT2D eigenvalue weighted by atomic mass is 16.5. The molecule has 106 valence electrons. The predicted octanol–water partition coefficient (Wildman–Crippen LogP) is 2.78. The van der Waals surface area contributed by atoms with Crippen LogP contribution in [0, 0.1) is 0 Å². The zero-order valence-corrected chi connectivity index (χ0v) is 11.6. The van der Waals surface area contributed by atoms with Crippen molar-refractivity contribution in [2.24, 2.45) is 0 Å². The van der Waals surface area contributed by atoms with Gasteiger partial charge in [-0.1, -0.05) is 19.3 Å². The summed E-state index contributed by atoms with van der Waals surface area (Å²) in [6.45, 7) is 0.336. The second kappa shape index (κ2) is 6.15. The van der Waals surface area contributed by atoms with Crippen molar-refractivity contribution in [2.75, 3.05) is 20.8 Å². The Labute approximate surface area is 114 Å². The third-order valence-corrected chi connectivity index (χ3v) is 3.65. The number of hydrogen-bond donors (Lipinski definition) is 1. The van der Waals surface area contributed by atoms with Crippen LogP contribution in [-0.2, 0) is 0 Å². The van der Waals surface area contributed by atoms with Crippen LogP contribution in [0.1, 0.15) is 32.1 Å². The van der Waals surface area contributed by atoms with E-state index in [4.69, 9.17) is 14.2 Å². The molecule has 1 aliphatic carbocycles. The van der Waals surface area contributed by atoms with E-state index in [2.05, 4.69) is 0 Å². The van der Waals surface area contributed by atoms with Gasteiger partial charge in [0.05, 0.1) is 19.8 Å². The van der Waals surface area contributed by atoms with E-state index < -0.39 is 5.60 Å². The molecule has 4 heteroatoms. The number of hydrogen-bond acceptors (Lipinski definition) is 4. The molecule has 1 N–H and O–H groups in total. The summed E-state index contributed by atoms with van der Waals surface area (Å²) in [4.78, 5) is 0. The highest BCUT2D eigenvalue weighted by molar-refractivity contribution is 5.45. The molecular weight excluding hydrogens is 244 g/mol. The molecule has 1 saturated carbocycles. The Bertz CT molecular complexity index is 411. The molecule has 0 aromatic heterocycles. The summed E-state index contributed by atoms with van der Waals surface area (Å²) in [7, 11) is 3.19. The normalized spacial score (nSPS) is 17.8. The molecule has 0 saturated heterocycles. The number of ether oxygens (including phenoxy) is 3. The molecule has 0 aliphatic heterocycles. The maximum absolute atomic E-state index is 10.4. The van der Waals surface area contributed by atoms with E-state index in [1.165, 1.54) is 6.42 Å². The molecule has 2 rings (SSSR count). The topological polar surface area (TPSA) is 47.9 Å². The molecule has 0 unspecified atom stereocenters. The van der Waals surface area contributed by atoms with Gasteiger partial charge in [-0.3, -0.25) is 0 Å². The fourth-order valence-electron chi connectivity index (χ4n) is 2.48. The first-order valence-electron chi connectivity index (χ1n) is 6.74. The van der Waals surface area contributed by atoms with Crippen molar-refractivity contribution in [3.05, 3.63) is 18.2 Å². The Morgan fingerprint density at radius 2 is 1.74 bits per heavy atom. The zero-order valence-electron chi connectivity index (χ0n) is 11.6. The van der Waals surface area contributed by atoms with Crippen molar-refractivity contribution in [1.82, 2.24) is 0 Å². The van der Waals surface area contributed by atoms with Crippen LogP contribution in [-0.4, -0.2) is 31.5 Å². The average molecular weight is 266 g/mol. The first-order chi connectivity index (χ1) is 9.17. The van der Waals surface area contributed by atoms with Gasteiger partial charge in [0.1, 0.15) is 12.4 Å². The van der Waals surface area contributed by atoms with Crippen molar-refractivity contribution in [3.8, 4) is 17.2 Å². The number of benzene rings is 1. The Morgan fingerprint density at radius 3 is 2.37 bits per heavy atom. The fraction of sp³-hybridized carbons (Fsp3) is 0.600. The fourth-order valence-corrected chi connectivity index (χ4v) is 2.48. The first kappa shape index (κ1) is 14.0. The van der Waals surface area contributed by atoms with Crippen LogP contribution in [0.15, 0.2) is 18.2 Å². The molecular formula is C15H22O4. The van der Waals surface area contributed by atoms with Crippen molar-refractivity contribution in [2.45, 2.75) is 37.7 Å². The van der Waals surface area contributed by atoms with E-state index in [9.17, 15) is 5.11 Å². The Morgan fingerprint density at radius 1 is 1.05 bits per heavy atom. The van der Waals surface area contributed by atoms with Crippen LogP contribution >= 0.6 is 0 Å². The number of rotatable bonds is 5. The van der Waals surface area contributed by atoms with Crippen LogP contribution in [0.2, 0.25) is 0 Å². The molecule has 4 nitrogen and oxygen atoms in total. The summed E-state index contributed by atoms with van der Waals surface area (Å²) in [6, 6.07) is 5.41. The molecule has 1 fully saturated rings. The van der Waals surface area contributed by atoms with Gasteiger partial charge in [0.25, 0.3) is 0 Å². The van der Waals surface area contributed by atoms with Gasteiger partial charge in [-0.2, -0.15) is 0 Å². The quantitative estimate of drug-likeness (QED) is 0.890. The first-order valence-corrected chi connectivity index (χ1v) is 6.74. The van der Waals surface area contributed by atoms with Gasteiger partial charge in [-0.05, 0) is 25.0 Å². The van der Waals surface area contributed by atoms with Crippen LogP contribution in [0.4, 0.5) is 0 Å². The van der Waals surface area contributed by atoms with Gasteiger partial charge in [0.2, 0.25) is 0 Å². The standard InChI is InChI=1S/C15H22O4/c1-17-13-7-6-12(10-14(13)18-2)19-11-15(16)8-4-3-5-9-15/h6-7,10,16H,3-5,8-9,11H2,1-2H3. The van der Waals surface area contributed by atoms with E-state index in [0.717, 1.165) is 25.7 Å². The van der Waals surface area contributed by atoms with Gasteiger partial charge in [0.15, 0.2) is 11.5 Å². The van der Waals surface area contributed by atoms with E-state index in [1.807, 2.05) is 6.07 Å². The third-order valence-electron chi connectivity index (χ3n) is 3.65. The lowest BCUT2D eigenvalue weighted by Gasteiger charge is -2.31. The van der Waals surface area contributed by atoms with Gasteiger partial charge in [-0.25, -0.2) is 0 Å². The van der Waals surface area contributed by atoms with E-state index in [-0.39, 0.29) is 0 Å². The molecule has 0 spiro atoms. The molecule has 0 bridgehead atoms. The summed E-state index contributed by atoms with van der Waals surface area (Å²) < 4.78 is 16.1. The molecule has 19 heavy (non-hydrogen) atoms. The predicted molar refractivity (Wildman–Crippen MR) is 73.1 cm³/mol. The lowest BCUT2D eigenvalue weighted by Crippen LogP contribution is -2.37. The summed E-state index contributed by atoms with van der Waals surface area (Å²) in [5.41, 5.74) is -0.675. The molecule has 0 atom stereocenters. The van der Waals surface area contributed by atoms with Gasteiger partial charge in [-0.15, -0.1) is 0 Å². The minimum absolute atomic E-state index is 0.336. The molecule has 1 aliphatic rings. The minimum Gasteiger partial charge on any atom is -0.493 e. The Balaban J connectivity index is 1.99. The monoisotopic (exact) mass is 266 g/mol. The number of aliphatic hydroxyl groups is 1. The lowest BCUT2D eigenvalue weighted by molar-refractivity contribution is -0.0339. The maximum atomic E-state index is 10.4. The summed E-state index contributed by atoms with van der Waals surface area (Å²) in [5, 5.41) is 10.4. The van der Waals surface area contributed by atoms with Crippen molar-refractivity contribution in [3.63, 3.8) is 0 Å². The highest BCUT2D eigenvalue weighted by Gasteiger charge is 2.30. The minimum atomic E-state index is -0.675. The van der Waals surface area contributed by atoms with Crippen LogP contribution in [0.5, 0.6) is 17.2 Å². The Kier molecular flexibility index (Phi) is 4.53. The van der Waals surface area contributed by atoms with E-state index in [1.54, 1.807) is 26.4 Å². The summed E-state index contributed by atoms with van der Waals surface area (Å²) in [6.07, 6.45) is 5.00. The summed E-state index contributed by atoms with van der Waals surface area (Å²) in [5.74, 6) is 2.00. The smallest absolute Gasteiger partial charge is 0.164 e.